The van der Waals surface area contributed by atoms with E-state index in [-0.39, 0.29) is 6.42 Å². The summed E-state index contributed by atoms with van der Waals surface area (Å²) in [5.41, 5.74) is 1.23. The van der Waals surface area contributed by atoms with Gasteiger partial charge in [-0.05, 0) is 24.6 Å². The number of aliphatic carboxylic acids is 1. The fourth-order valence-corrected chi connectivity index (χ4v) is 1.62. The molecule has 1 unspecified atom stereocenters. The summed E-state index contributed by atoms with van der Waals surface area (Å²) in [4.78, 5) is 32.8. The van der Waals surface area contributed by atoms with Gasteiger partial charge in [-0.2, -0.15) is 0 Å². The van der Waals surface area contributed by atoms with Gasteiger partial charge in [0.05, 0.1) is 12.3 Å². The van der Waals surface area contributed by atoms with Crippen molar-refractivity contribution in [3.8, 4) is 11.8 Å². The van der Waals surface area contributed by atoms with Gasteiger partial charge in [0.15, 0.2) is 0 Å². The van der Waals surface area contributed by atoms with E-state index in [9.17, 15) is 14.4 Å². The Labute approximate surface area is 117 Å². The zero-order chi connectivity index (χ0) is 15.1. The zero-order valence-electron chi connectivity index (χ0n) is 11.3. The Kier molecular flexibility index (Phi) is 5.48. The Hall–Kier alpha value is -2.61. The second-order valence-electron chi connectivity index (χ2n) is 4.18. The average molecular weight is 273 g/mol. The molecule has 2 N–H and O–H groups in total. The summed E-state index contributed by atoms with van der Waals surface area (Å²) in [5, 5.41) is 11.3. The number of amides is 1. The maximum atomic E-state index is 11.2. The maximum absolute atomic E-state index is 11.2. The molecule has 1 aromatic rings. The van der Waals surface area contributed by atoms with Crippen LogP contribution in [0.1, 0.15) is 31.7 Å². The lowest BCUT2D eigenvalue weighted by Gasteiger charge is -2.10. The Balaban J connectivity index is 2.87. The van der Waals surface area contributed by atoms with Crippen LogP contribution in [0.5, 0.6) is 0 Å². The van der Waals surface area contributed by atoms with E-state index < -0.39 is 23.6 Å². The highest BCUT2D eigenvalue weighted by atomic mass is 16.4. The second-order valence-corrected chi connectivity index (χ2v) is 4.18. The molecular formula is C15H15NO4. The number of carbonyl (C=O) groups excluding carboxylic acids is 2. The average Bonchev–Trinajstić information content (AvgIpc) is 2.38. The van der Waals surface area contributed by atoms with Crippen LogP contribution in [0, 0.1) is 11.8 Å². The van der Waals surface area contributed by atoms with E-state index in [1.165, 1.54) is 6.92 Å². The molecule has 0 aliphatic rings. The molecule has 0 spiro atoms. The summed E-state index contributed by atoms with van der Waals surface area (Å²) < 4.78 is 0. The molecule has 0 aromatic heterocycles. The molecule has 1 aromatic carbocycles. The van der Waals surface area contributed by atoms with Crippen molar-refractivity contribution in [3.63, 3.8) is 0 Å². The number of anilines is 1. The molecule has 0 saturated heterocycles. The third-order valence-corrected chi connectivity index (χ3v) is 2.59. The third kappa shape index (κ3) is 4.58. The smallest absolute Gasteiger partial charge is 0.304 e. The summed E-state index contributed by atoms with van der Waals surface area (Å²) in [7, 11) is 0. The molecule has 1 rings (SSSR count). The summed E-state index contributed by atoms with van der Waals surface area (Å²) in [6.45, 7) is 2.83. The van der Waals surface area contributed by atoms with Gasteiger partial charge in [0, 0.05) is 12.6 Å². The van der Waals surface area contributed by atoms with Gasteiger partial charge < -0.3 is 10.4 Å². The zero-order valence-corrected chi connectivity index (χ0v) is 11.3. The molecular weight excluding hydrogens is 258 g/mol. The molecule has 0 heterocycles. The lowest BCUT2D eigenvalue weighted by atomic mass is 9.96. The summed E-state index contributed by atoms with van der Waals surface area (Å²) >= 11 is 0. The highest BCUT2D eigenvalue weighted by molar-refractivity contribution is 6.39. The third-order valence-electron chi connectivity index (χ3n) is 2.59. The molecule has 5 heteroatoms. The van der Waals surface area contributed by atoms with E-state index in [1.807, 2.05) is 0 Å². The van der Waals surface area contributed by atoms with E-state index in [0.29, 0.717) is 5.69 Å². The van der Waals surface area contributed by atoms with Gasteiger partial charge in [0.2, 0.25) is 5.78 Å². The van der Waals surface area contributed by atoms with Crippen molar-refractivity contribution < 1.29 is 19.5 Å². The molecule has 0 saturated carbocycles. The van der Waals surface area contributed by atoms with E-state index >= 15 is 0 Å². The molecule has 0 fully saturated rings. The largest absolute Gasteiger partial charge is 0.481 e. The van der Waals surface area contributed by atoms with Crippen molar-refractivity contribution in [2.45, 2.75) is 26.2 Å². The van der Waals surface area contributed by atoms with Crippen LogP contribution < -0.4 is 5.32 Å². The Morgan fingerprint density at radius 2 is 1.85 bits per heavy atom. The second kappa shape index (κ2) is 7.10. The van der Waals surface area contributed by atoms with Gasteiger partial charge in [0.1, 0.15) is 0 Å². The fraction of sp³-hybridized carbons (Fsp3) is 0.267. The summed E-state index contributed by atoms with van der Waals surface area (Å²) in [6.07, 6.45) is -0.0833. The van der Waals surface area contributed by atoms with Crippen molar-refractivity contribution >= 4 is 23.3 Å². The molecule has 0 aliphatic carbocycles. The Bertz CT molecular complexity index is 578. The number of ketones is 1. The Morgan fingerprint density at radius 1 is 1.25 bits per heavy atom. The predicted octanol–water partition coefficient (Wildman–Crippen LogP) is 1.80. The first-order valence-electron chi connectivity index (χ1n) is 6.00. The van der Waals surface area contributed by atoms with E-state index in [1.54, 1.807) is 31.2 Å². The lowest BCUT2D eigenvalue weighted by Crippen LogP contribution is -2.19. The number of carboxylic acid groups (broad SMARTS) is 1. The van der Waals surface area contributed by atoms with Crippen LogP contribution in [-0.2, 0) is 14.4 Å². The monoisotopic (exact) mass is 273 g/mol. The van der Waals surface area contributed by atoms with Crippen LogP contribution in [0.2, 0.25) is 0 Å². The highest BCUT2D eigenvalue weighted by Gasteiger charge is 2.13. The quantitative estimate of drug-likeness (QED) is 0.633. The number of hydrogen-bond donors (Lipinski definition) is 2. The van der Waals surface area contributed by atoms with Crippen LogP contribution in [0.15, 0.2) is 24.3 Å². The number of hydrogen-bond acceptors (Lipinski definition) is 3. The van der Waals surface area contributed by atoms with Gasteiger partial charge in [-0.25, -0.2) is 0 Å². The molecule has 0 bridgehead atoms. The molecule has 0 aliphatic heterocycles. The molecule has 0 radical (unpaired) electrons. The van der Waals surface area contributed by atoms with Crippen molar-refractivity contribution in [1.82, 2.24) is 0 Å². The van der Waals surface area contributed by atoms with Gasteiger partial charge in [0.25, 0.3) is 5.91 Å². The number of nitrogens with one attached hydrogen (secondary N) is 1. The normalized spacial score (nSPS) is 10.9. The minimum Gasteiger partial charge on any atom is -0.481 e. The predicted molar refractivity (Wildman–Crippen MR) is 74.2 cm³/mol. The van der Waals surface area contributed by atoms with Gasteiger partial charge >= 0.3 is 5.97 Å². The standard InChI is InChI=1S/C15H15NO4/c1-3-4-12(9-14(18)19)11-5-7-13(8-6-11)16-15(20)10(2)17/h5-8,12H,9H2,1-2H3,(H,16,20)(H,18,19). The van der Waals surface area contributed by atoms with Crippen LogP contribution >= 0.6 is 0 Å². The highest BCUT2D eigenvalue weighted by Crippen LogP contribution is 2.21. The molecule has 1 amide bonds. The van der Waals surface area contributed by atoms with E-state index in [4.69, 9.17) is 5.11 Å². The first kappa shape index (κ1) is 15.4. The Morgan fingerprint density at radius 3 is 2.30 bits per heavy atom. The molecule has 5 nitrogen and oxygen atoms in total. The van der Waals surface area contributed by atoms with Crippen molar-refractivity contribution in [3.05, 3.63) is 29.8 Å². The minimum absolute atomic E-state index is 0.0833. The topological polar surface area (TPSA) is 83.5 Å². The maximum Gasteiger partial charge on any atom is 0.304 e. The summed E-state index contributed by atoms with van der Waals surface area (Å²) in [5.74, 6) is 2.96. The fourth-order valence-electron chi connectivity index (χ4n) is 1.62. The minimum atomic E-state index is -0.924. The number of rotatable bonds is 5. The van der Waals surface area contributed by atoms with Gasteiger partial charge in [-0.15, -0.1) is 5.92 Å². The van der Waals surface area contributed by atoms with Crippen LogP contribution in [0.3, 0.4) is 0 Å². The van der Waals surface area contributed by atoms with Crippen LogP contribution in [0.25, 0.3) is 0 Å². The number of benzene rings is 1. The number of carboxylic acids is 1. The molecule has 1 atom stereocenters. The number of carbonyl (C=O) groups is 3. The molecule has 20 heavy (non-hydrogen) atoms. The van der Waals surface area contributed by atoms with E-state index in [2.05, 4.69) is 17.2 Å². The first-order valence-corrected chi connectivity index (χ1v) is 6.00. The van der Waals surface area contributed by atoms with Crippen molar-refractivity contribution in [2.75, 3.05) is 5.32 Å². The van der Waals surface area contributed by atoms with Crippen molar-refractivity contribution in [1.29, 1.82) is 0 Å². The van der Waals surface area contributed by atoms with Crippen LogP contribution in [0.4, 0.5) is 5.69 Å². The van der Waals surface area contributed by atoms with Gasteiger partial charge in [-0.1, -0.05) is 18.1 Å². The summed E-state index contributed by atoms with van der Waals surface area (Å²) in [6, 6.07) is 6.60. The SMILES string of the molecule is CC#CC(CC(=O)O)c1ccc(NC(=O)C(C)=O)cc1. The first-order chi connectivity index (χ1) is 9.43. The lowest BCUT2D eigenvalue weighted by molar-refractivity contribution is -0.137. The van der Waals surface area contributed by atoms with E-state index in [0.717, 1.165) is 5.56 Å². The van der Waals surface area contributed by atoms with Crippen molar-refractivity contribution in [2.24, 2.45) is 0 Å². The van der Waals surface area contributed by atoms with Crippen LogP contribution in [-0.4, -0.2) is 22.8 Å². The number of Topliss-reactive ketones (excluding diaryl/α,β-unsaturated/α-hetero) is 1. The van der Waals surface area contributed by atoms with Gasteiger partial charge in [-0.3, -0.25) is 14.4 Å². The molecule has 104 valence electrons.